The van der Waals surface area contributed by atoms with Gasteiger partial charge in [-0.1, -0.05) is 0 Å². The van der Waals surface area contributed by atoms with Crippen molar-refractivity contribution in [2.24, 2.45) is 0 Å². The van der Waals surface area contributed by atoms with Crippen LogP contribution >= 0.6 is 0 Å². The van der Waals surface area contributed by atoms with E-state index < -0.39 is 10.8 Å². The van der Waals surface area contributed by atoms with Gasteiger partial charge in [-0.2, -0.15) is 4.98 Å². The van der Waals surface area contributed by atoms with Gasteiger partial charge in [0.1, 0.15) is 11.3 Å². The summed E-state index contributed by atoms with van der Waals surface area (Å²) in [6.45, 7) is 1.06. The van der Waals surface area contributed by atoms with Crippen LogP contribution in [0.5, 0.6) is 5.75 Å². The number of nitrogens with zero attached hydrogens (tertiary/aromatic N) is 2. The van der Waals surface area contributed by atoms with Crippen LogP contribution in [0.1, 0.15) is 6.92 Å². The molecule has 3 aromatic rings. The molecular weight excluding hydrogens is 356 g/mol. The quantitative estimate of drug-likeness (QED) is 0.503. The fourth-order valence-corrected chi connectivity index (χ4v) is 2.23. The van der Waals surface area contributed by atoms with Crippen LogP contribution < -0.4 is 15.4 Å². The van der Waals surface area contributed by atoms with Crippen molar-refractivity contribution in [1.29, 1.82) is 0 Å². The van der Waals surface area contributed by atoms with Gasteiger partial charge in [0, 0.05) is 30.8 Å². The number of ether oxygens (including phenoxy) is 1. The van der Waals surface area contributed by atoms with E-state index in [1.165, 1.54) is 31.2 Å². The molecule has 138 valence electrons. The Kier molecular flexibility index (Phi) is 4.97. The monoisotopic (exact) mass is 370 g/mol. The van der Waals surface area contributed by atoms with E-state index in [9.17, 15) is 19.7 Å². The molecule has 0 spiro atoms. The summed E-state index contributed by atoms with van der Waals surface area (Å²) in [5.74, 6) is -0.416. The number of oxazole rings is 1. The summed E-state index contributed by atoms with van der Waals surface area (Å²) in [5.41, 5.74) is 1.38. The fraction of sp³-hybridized carbons (Fsp3) is 0.118. The van der Waals surface area contributed by atoms with Crippen molar-refractivity contribution in [2.45, 2.75) is 6.92 Å². The maximum atomic E-state index is 11.9. The highest BCUT2D eigenvalue weighted by atomic mass is 16.6. The molecule has 1 heterocycles. The molecule has 0 aliphatic rings. The van der Waals surface area contributed by atoms with Gasteiger partial charge in [0.2, 0.25) is 5.91 Å². The average molecular weight is 370 g/mol. The number of anilines is 2. The Labute approximate surface area is 152 Å². The van der Waals surface area contributed by atoms with Crippen molar-refractivity contribution in [3.8, 4) is 5.75 Å². The van der Waals surface area contributed by atoms with Crippen LogP contribution in [0.15, 0.2) is 46.9 Å². The molecule has 3 rings (SSSR count). The van der Waals surface area contributed by atoms with Crippen molar-refractivity contribution in [2.75, 3.05) is 17.2 Å². The second-order valence-corrected chi connectivity index (χ2v) is 5.47. The summed E-state index contributed by atoms with van der Waals surface area (Å²) < 4.78 is 10.7. The van der Waals surface area contributed by atoms with Gasteiger partial charge in [-0.05, 0) is 24.3 Å². The maximum absolute atomic E-state index is 11.9. The molecule has 0 aliphatic heterocycles. The third-order valence-electron chi connectivity index (χ3n) is 3.37. The van der Waals surface area contributed by atoms with Gasteiger partial charge in [-0.25, -0.2) is 0 Å². The Morgan fingerprint density at radius 2 is 1.93 bits per heavy atom. The summed E-state index contributed by atoms with van der Waals surface area (Å²) in [6.07, 6.45) is 0. The number of aromatic nitrogens is 1. The van der Waals surface area contributed by atoms with E-state index in [1.54, 1.807) is 18.2 Å². The van der Waals surface area contributed by atoms with Crippen LogP contribution in [-0.4, -0.2) is 28.3 Å². The van der Waals surface area contributed by atoms with E-state index in [0.717, 1.165) is 0 Å². The van der Waals surface area contributed by atoms with Crippen LogP contribution in [0.4, 0.5) is 17.4 Å². The van der Waals surface area contributed by atoms with Crippen LogP contribution in [0.3, 0.4) is 0 Å². The highest BCUT2D eigenvalue weighted by Gasteiger charge is 2.12. The largest absolute Gasteiger partial charge is 0.484 e. The lowest BCUT2D eigenvalue weighted by molar-refractivity contribution is -0.384. The number of carbonyl (C=O) groups is 2. The zero-order valence-corrected chi connectivity index (χ0v) is 14.1. The first kappa shape index (κ1) is 17.9. The number of nitrogens with one attached hydrogen (secondary N) is 2. The molecule has 0 saturated heterocycles. The molecule has 2 amide bonds. The number of hydrogen-bond donors (Lipinski definition) is 2. The number of benzene rings is 2. The second kappa shape index (κ2) is 7.52. The molecule has 2 aromatic carbocycles. The molecule has 10 nitrogen and oxygen atoms in total. The van der Waals surface area contributed by atoms with Crippen molar-refractivity contribution in [3.63, 3.8) is 0 Å². The molecule has 0 unspecified atom stereocenters. The van der Waals surface area contributed by atoms with Gasteiger partial charge < -0.3 is 14.5 Å². The van der Waals surface area contributed by atoms with Crippen LogP contribution in [0.25, 0.3) is 11.1 Å². The number of hydrogen-bond acceptors (Lipinski definition) is 7. The third kappa shape index (κ3) is 4.57. The van der Waals surface area contributed by atoms with Crippen molar-refractivity contribution >= 4 is 40.3 Å². The van der Waals surface area contributed by atoms with Crippen LogP contribution in [-0.2, 0) is 9.59 Å². The predicted octanol–water partition coefficient (Wildman–Crippen LogP) is 2.71. The van der Waals surface area contributed by atoms with E-state index in [-0.39, 0.29) is 24.2 Å². The molecular formula is C17H14N4O6. The lowest BCUT2D eigenvalue weighted by Gasteiger charge is -2.04. The van der Waals surface area contributed by atoms with Crippen molar-refractivity contribution in [1.82, 2.24) is 4.98 Å². The van der Waals surface area contributed by atoms with E-state index in [0.29, 0.717) is 22.5 Å². The molecule has 0 saturated carbocycles. The lowest BCUT2D eigenvalue weighted by atomic mass is 10.3. The van der Waals surface area contributed by atoms with Gasteiger partial charge in [0.25, 0.3) is 11.6 Å². The molecule has 0 atom stereocenters. The smallest absolute Gasteiger partial charge is 0.302 e. The van der Waals surface area contributed by atoms with Gasteiger partial charge in [-0.3, -0.25) is 25.0 Å². The van der Waals surface area contributed by atoms with E-state index in [2.05, 4.69) is 15.6 Å². The van der Waals surface area contributed by atoms with Crippen molar-refractivity contribution < 1.29 is 23.7 Å². The highest BCUT2D eigenvalue weighted by molar-refractivity contribution is 5.93. The van der Waals surface area contributed by atoms with Gasteiger partial charge in [-0.15, -0.1) is 0 Å². The minimum Gasteiger partial charge on any atom is -0.484 e. The first-order valence-corrected chi connectivity index (χ1v) is 7.76. The molecule has 2 N–H and O–H groups in total. The maximum Gasteiger partial charge on any atom is 0.302 e. The first-order chi connectivity index (χ1) is 12.9. The number of rotatable bonds is 6. The standard InChI is InChI=1S/C17H14N4O6/c1-10(22)18-11-2-7-14-15(8-11)27-17(19-14)20-16(23)9-26-13-5-3-12(4-6-13)21(24)25/h2-8H,9H2,1H3,(H,18,22)(H,19,20,23). The Morgan fingerprint density at radius 1 is 1.19 bits per heavy atom. The minimum absolute atomic E-state index is 0.0118. The first-order valence-electron chi connectivity index (χ1n) is 7.76. The molecule has 0 radical (unpaired) electrons. The van der Waals surface area contributed by atoms with E-state index >= 15 is 0 Å². The van der Waals surface area contributed by atoms with E-state index in [1.807, 2.05) is 0 Å². The Bertz CT molecular complexity index is 1010. The lowest BCUT2D eigenvalue weighted by Crippen LogP contribution is -2.20. The molecule has 10 heteroatoms. The van der Waals surface area contributed by atoms with Gasteiger partial charge in [0.15, 0.2) is 12.2 Å². The van der Waals surface area contributed by atoms with Gasteiger partial charge >= 0.3 is 6.01 Å². The third-order valence-corrected chi connectivity index (χ3v) is 3.37. The topological polar surface area (TPSA) is 137 Å². The minimum atomic E-state index is -0.527. The predicted molar refractivity (Wildman–Crippen MR) is 95.5 cm³/mol. The number of amides is 2. The number of nitro groups is 1. The summed E-state index contributed by atoms with van der Waals surface area (Å²) in [7, 11) is 0. The molecule has 1 aromatic heterocycles. The SMILES string of the molecule is CC(=O)Nc1ccc2nc(NC(=O)COc3ccc([N+](=O)[O-])cc3)oc2c1. The Balaban J connectivity index is 1.60. The average Bonchev–Trinajstić information content (AvgIpc) is 3.01. The molecule has 0 aliphatic carbocycles. The fourth-order valence-electron chi connectivity index (χ4n) is 2.23. The number of nitro benzene ring substituents is 1. The van der Waals surface area contributed by atoms with E-state index in [4.69, 9.17) is 9.15 Å². The number of non-ortho nitro benzene ring substituents is 1. The highest BCUT2D eigenvalue weighted by Crippen LogP contribution is 2.22. The summed E-state index contributed by atoms with van der Waals surface area (Å²) in [6, 6.07) is 10.2. The second-order valence-electron chi connectivity index (χ2n) is 5.47. The summed E-state index contributed by atoms with van der Waals surface area (Å²) in [4.78, 5) is 37.2. The zero-order chi connectivity index (χ0) is 19.4. The van der Waals surface area contributed by atoms with Crippen LogP contribution in [0.2, 0.25) is 0 Å². The Morgan fingerprint density at radius 3 is 2.59 bits per heavy atom. The number of fused-ring (bicyclic) bond motifs is 1. The summed E-state index contributed by atoms with van der Waals surface area (Å²) in [5, 5.41) is 15.7. The zero-order valence-electron chi connectivity index (χ0n) is 14.1. The normalized spacial score (nSPS) is 10.4. The molecule has 0 fully saturated rings. The van der Waals surface area contributed by atoms with Gasteiger partial charge in [0.05, 0.1) is 4.92 Å². The number of carbonyl (C=O) groups excluding carboxylic acids is 2. The Hall–Kier alpha value is -3.95. The molecule has 27 heavy (non-hydrogen) atoms. The summed E-state index contributed by atoms with van der Waals surface area (Å²) >= 11 is 0. The van der Waals surface area contributed by atoms with Crippen molar-refractivity contribution in [3.05, 3.63) is 52.6 Å². The van der Waals surface area contributed by atoms with Crippen LogP contribution in [0, 0.1) is 10.1 Å². The molecule has 0 bridgehead atoms.